The SMILES string of the molecule is CC[C@H](C)[C@H](NC(=O)[C@H](Cc1ccc(O)cc1)NC(=O)[C@@H]1CCCN1C(=O)[C@H](CCCN=C(N)N)NC(=O)[C@H](CCCN=C(N)N)NC(=O)[C@@H]1CCCN1C(=O)[C@@H](CCCCN)NC(=O)[C@@H](CC(N)=O)NC(=O)[C@@H](CCC(=O)O)NC(=O)[C@H](Cc1ccc(O)cc1)NC(=O)[C@@H](CC(C)C)NC(=O)[C@@H]1CCC(=O)N1)C(=O)N[C@@H](CC(C)C)C(=O)O. The normalized spacial score (nSPS) is 17.8. The number of carboxylic acid groups (broad SMARTS) is 2. The Morgan fingerprint density at radius 3 is 1.34 bits per heavy atom. The average Bonchev–Trinajstić information content (AvgIpc) is 1.76. The van der Waals surface area contributed by atoms with E-state index in [1.165, 1.54) is 53.4 Å². The van der Waals surface area contributed by atoms with Crippen molar-refractivity contribution in [1.29, 1.82) is 0 Å². The summed E-state index contributed by atoms with van der Waals surface area (Å²) in [7, 11) is 0. The summed E-state index contributed by atoms with van der Waals surface area (Å²) in [6, 6.07) is -7.40. The second kappa shape index (κ2) is 48.7. The van der Waals surface area contributed by atoms with E-state index in [9.17, 15) is 87.5 Å². The van der Waals surface area contributed by atoms with Crippen molar-refractivity contribution in [3.05, 3.63) is 59.7 Å². The summed E-state index contributed by atoms with van der Waals surface area (Å²) in [4.78, 5) is 234. The van der Waals surface area contributed by atoms with Crippen LogP contribution >= 0.6 is 0 Å². The van der Waals surface area contributed by atoms with Gasteiger partial charge in [-0.05, 0) is 156 Å². The van der Waals surface area contributed by atoms with E-state index < -0.39 is 192 Å². The number of hydrogen-bond donors (Lipinski definition) is 21. The predicted octanol–water partition coefficient (Wildman–Crippen LogP) is -3.81. The summed E-state index contributed by atoms with van der Waals surface area (Å²) in [6.45, 7) is 10.5. The molecule has 5 rings (SSSR count). The van der Waals surface area contributed by atoms with E-state index in [4.69, 9.17) is 34.4 Å². The molecule has 0 aliphatic carbocycles. The van der Waals surface area contributed by atoms with Crippen LogP contribution < -0.4 is 92.9 Å². The number of carbonyl (C=O) groups excluding carboxylic acids is 14. The van der Waals surface area contributed by atoms with Crippen LogP contribution in [-0.4, -0.2) is 248 Å². The molecule has 3 heterocycles. The Morgan fingerprint density at radius 2 is 0.882 bits per heavy atom. The van der Waals surface area contributed by atoms with Crippen molar-refractivity contribution in [3.63, 3.8) is 0 Å². The van der Waals surface area contributed by atoms with Gasteiger partial charge in [0.1, 0.15) is 90.0 Å². The number of carbonyl (C=O) groups is 16. The predicted molar refractivity (Wildman–Crippen MR) is 433 cm³/mol. The highest BCUT2D eigenvalue weighted by Gasteiger charge is 2.44. The highest BCUT2D eigenvalue weighted by Crippen LogP contribution is 2.25. The van der Waals surface area contributed by atoms with E-state index in [0.717, 1.165) is 4.90 Å². The molecule has 3 saturated heterocycles. The summed E-state index contributed by atoms with van der Waals surface area (Å²) in [5, 5.41) is 68.7. The number of aromatic hydroxyl groups is 2. The molecular weight excluding hydrogens is 1550 g/mol. The first kappa shape index (κ1) is 97.6. The Balaban J connectivity index is 1.41. The van der Waals surface area contributed by atoms with Crippen LogP contribution in [0.1, 0.15) is 175 Å². The number of aliphatic imine (C=N–C) groups is 2. The van der Waals surface area contributed by atoms with Gasteiger partial charge in [-0.3, -0.25) is 81.9 Å². The minimum atomic E-state index is -1.93. The van der Waals surface area contributed by atoms with Crippen molar-refractivity contribution in [3.8, 4) is 11.5 Å². The molecule has 3 aliphatic heterocycles. The molecule has 0 bridgehead atoms. The van der Waals surface area contributed by atoms with Gasteiger partial charge in [-0.1, -0.05) is 72.2 Å². The lowest BCUT2D eigenvalue weighted by atomic mass is 9.96. The molecule has 119 heavy (non-hydrogen) atoms. The van der Waals surface area contributed by atoms with Crippen LogP contribution in [0.5, 0.6) is 11.5 Å². The molecule has 41 heteroatoms. The third-order valence-electron chi connectivity index (χ3n) is 20.5. The lowest BCUT2D eigenvalue weighted by molar-refractivity contribution is -0.144. The van der Waals surface area contributed by atoms with Crippen LogP contribution in [0.3, 0.4) is 0 Å². The number of nitrogens with one attached hydrogen (secondary N) is 11. The van der Waals surface area contributed by atoms with Crippen molar-refractivity contribution in [2.45, 2.75) is 255 Å². The lowest BCUT2D eigenvalue weighted by Crippen LogP contribution is -2.61. The number of benzene rings is 2. The molecule has 0 radical (unpaired) electrons. The Morgan fingerprint density at radius 1 is 0.479 bits per heavy atom. The van der Waals surface area contributed by atoms with Gasteiger partial charge in [-0.15, -0.1) is 0 Å². The van der Waals surface area contributed by atoms with E-state index >= 15 is 9.59 Å². The van der Waals surface area contributed by atoms with Crippen LogP contribution in [0, 0.1) is 17.8 Å². The van der Waals surface area contributed by atoms with Gasteiger partial charge in [0.15, 0.2) is 11.9 Å². The summed E-state index contributed by atoms with van der Waals surface area (Å²) in [5.41, 5.74) is 34.9. The van der Waals surface area contributed by atoms with Crippen molar-refractivity contribution in [2.24, 2.45) is 62.1 Å². The van der Waals surface area contributed by atoms with Crippen LogP contribution in [-0.2, 0) is 89.6 Å². The first-order chi connectivity index (χ1) is 56.3. The van der Waals surface area contributed by atoms with Gasteiger partial charge >= 0.3 is 11.9 Å². The molecule has 0 saturated carbocycles. The molecule has 2 aromatic carbocycles. The Labute approximate surface area is 690 Å². The number of carboxylic acids is 2. The van der Waals surface area contributed by atoms with E-state index in [1.54, 1.807) is 41.5 Å². The number of phenols is 2. The third kappa shape index (κ3) is 32.8. The molecular formula is C78H121N21O20. The highest BCUT2D eigenvalue weighted by molar-refractivity contribution is 6.01. The van der Waals surface area contributed by atoms with E-state index in [2.05, 4.69) is 68.5 Å². The number of hydrogen-bond acceptors (Lipinski definition) is 21. The summed E-state index contributed by atoms with van der Waals surface area (Å²) >= 11 is 0. The second-order valence-electron chi connectivity index (χ2n) is 31.1. The molecule has 14 amide bonds. The number of unbranched alkanes of at least 4 members (excludes halogenated alkanes) is 1. The van der Waals surface area contributed by atoms with E-state index in [1.807, 2.05) is 0 Å². The molecule has 3 fully saturated rings. The smallest absolute Gasteiger partial charge is 0.326 e. The zero-order valence-corrected chi connectivity index (χ0v) is 68.3. The van der Waals surface area contributed by atoms with Crippen LogP contribution in [0.25, 0.3) is 0 Å². The van der Waals surface area contributed by atoms with Gasteiger partial charge in [0.2, 0.25) is 82.7 Å². The number of phenolic OH excluding ortho intramolecular Hbond substituents is 2. The van der Waals surface area contributed by atoms with Crippen molar-refractivity contribution in [1.82, 2.24) is 68.3 Å². The maximum Gasteiger partial charge on any atom is 0.326 e. The van der Waals surface area contributed by atoms with Crippen molar-refractivity contribution < 1.29 is 97.1 Å². The summed E-state index contributed by atoms with van der Waals surface area (Å²) in [5.74, 6) is -16.7. The average molecular weight is 1670 g/mol. The number of nitrogens with two attached hydrogens (primary N) is 6. The Kier molecular flexibility index (Phi) is 39.9. The Bertz CT molecular complexity index is 3910. The van der Waals surface area contributed by atoms with E-state index in [0.29, 0.717) is 24.0 Å². The van der Waals surface area contributed by atoms with Gasteiger partial charge in [-0.25, -0.2) is 4.79 Å². The van der Waals surface area contributed by atoms with Gasteiger partial charge < -0.3 is 123 Å². The number of aliphatic carboxylic acids is 2. The molecule has 41 nitrogen and oxygen atoms in total. The summed E-state index contributed by atoms with van der Waals surface area (Å²) in [6.07, 6.45) is -1.46. The number of rotatable bonds is 50. The fourth-order valence-corrected chi connectivity index (χ4v) is 14.0. The first-order valence-corrected chi connectivity index (χ1v) is 40.3. The number of likely N-dealkylation sites (tertiary alicyclic amines) is 2. The Hall–Kier alpha value is -11.9. The molecule has 14 atom stereocenters. The standard InChI is InChI=1S/C78H121N21O20/c1-7-43(6)63(73(115)96-57(76(118)119)37-42(4)5)97-70(112)55(39-45-21-25-47(101)26-22-45)95-72(114)59-18-13-35-99(59)75(117)52(16-11-33-86-78(83)84)90-64(106)48(15-10-32-85-77(81)82)89-71(113)58-17-12-34-98(58)74(116)51(14-8-9-31-79)91-69(111)56(40-60(80)102)94-66(108)50(28-30-62(104)105)88-68(110)54(38-44-19-23-46(100)24-20-44)93-67(109)53(36-41(2)3)92-65(107)49-27-29-61(103)87-49/h19-26,41-43,48-59,63,100-101H,7-18,27-40,79H2,1-6H3,(H2,80,102)(H,87,103)(H,88,110)(H,89,113)(H,90,106)(H,91,111)(H,92,107)(H,93,109)(H,94,108)(H,95,114)(H,96,115)(H,97,112)(H,104,105)(H,118,119)(H4,81,82,85)(H4,83,84,86)/t43-,48-,49-,50+,51+,52-,53+,54-,55-,56+,57-,58-,59-,63-/m0/s1. The number of nitrogens with zero attached hydrogens (tertiary/aromatic N) is 4. The highest BCUT2D eigenvalue weighted by atomic mass is 16.4. The lowest BCUT2D eigenvalue weighted by Gasteiger charge is -2.32. The van der Waals surface area contributed by atoms with Crippen molar-refractivity contribution in [2.75, 3.05) is 32.7 Å². The molecule has 0 unspecified atom stereocenters. The maximum absolute atomic E-state index is 15.1. The first-order valence-electron chi connectivity index (χ1n) is 40.3. The number of primary amides is 1. The second-order valence-corrected chi connectivity index (χ2v) is 31.1. The molecule has 0 aromatic heterocycles. The quantitative estimate of drug-likeness (QED) is 0.0172. The monoisotopic (exact) mass is 1670 g/mol. The van der Waals surface area contributed by atoms with Crippen LogP contribution in [0.4, 0.5) is 0 Å². The molecule has 3 aliphatic rings. The third-order valence-corrected chi connectivity index (χ3v) is 20.5. The van der Waals surface area contributed by atoms with Crippen molar-refractivity contribution >= 4 is 107 Å². The molecule has 2 aromatic rings. The largest absolute Gasteiger partial charge is 0.508 e. The zero-order valence-electron chi connectivity index (χ0n) is 68.3. The van der Waals surface area contributed by atoms with Gasteiger partial charge in [-0.2, -0.15) is 0 Å². The fraction of sp³-hybridized carbons (Fsp3) is 0.615. The van der Waals surface area contributed by atoms with Crippen LogP contribution in [0.2, 0.25) is 0 Å². The van der Waals surface area contributed by atoms with Gasteiger partial charge in [0.25, 0.3) is 0 Å². The zero-order chi connectivity index (χ0) is 88.3. The van der Waals surface area contributed by atoms with E-state index in [-0.39, 0.29) is 177 Å². The van der Waals surface area contributed by atoms with Gasteiger partial charge in [0, 0.05) is 51.9 Å². The minimum absolute atomic E-state index is 0.00423. The molecule has 658 valence electrons. The topological polar surface area (TPSA) is 674 Å². The van der Waals surface area contributed by atoms with Gasteiger partial charge in [0.05, 0.1) is 6.42 Å². The van der Waals surface area contributed by atoms with Crippen LogP contribution in [0.15, 0.2) is 58.5 Å². The maximum atomic E-state index is 15.1. The molecule has 27 N–H and O–H groups in total. The summed E-state index contributed by atoms with van der Waals surface area (Å²) < 4.78 is 0. The fourth-order valence-electron chi connectivity index (χ4n) is 14.0. The minimum Gasteiger partial charge on any atom is -0.508 e. The number of amides is 14. The number of guanidine groups is 2. The molecule has 0 spiro atoms.